The van der Waals surface area contributed by atoms with E-state index >= 15 is 0 Å². The number of thioether (sulfide) groups is 1. The van der Waals surface area contributed by atoms with Gasteiger partial charge in [-0.3, -0.25) is 9.59 Å². The van der Waals surface area contributed by atoms with Crippen molar-refractivity contribution in [3.8, 4) is 11.5 Å². The number of rotatable bonds is 9. The smallest absolute Gasteiger partial charge is 0.257 e. The van der Waals surface area contributed by atoms with E-state index in [-0.39, 0.29) is 18.3 Å². The number of hydrogen-bond acceptors (Lipinski definition) is 5. The van der Waals surface area contributed by atoms with Gasteiger partial charge in [-0.15, -0.1) is 11.8 Å². The zero-order valence-electron chi connectivity index (χ0n) is 14.6. The molecule has 5 nitrogen and oxygen atoms in total. The van der Waals surface area contributed by atoms with Gasteiger partial charge in [0.1, 0.15) is 0 Å². The molecule has 0 bridgehead atoms. The summed E-state index contributed by atoms with van der Waals surface area (Å²) in [5.74, 6) is 1.29. The van der Waals surface area contributed by atoms with Crippen LogP contribution in [0.1, 0.15) is 17.3 Å². The van der Waals surface area contributed by atoms with Crippen LogP contribution in [0.25, 0.3) is 0 Å². The zero-order valence-corrected chi connectivity index (χ0v) is 16.2. The number of Topliss-reactive ketones (excluding diaryl/α,β-unsaturated/α-hetero) is 1. The van der Waals surface area contributed by atoms with Crippen molar-refractivity contribution in [1.82, 2.24) is 5.32 Å². The van der Waals surface area contributed by atoms with Gasteiger partial charge in [-0.05, 0) is 49.4 Å². The Bertz CT molecular complexity index is 765. The predicted octanol–water partition coefficient (Wildman–Crippen LogP) is 3.84. The van der Waals surface area contributed by atoms with Crippen LogP contribution < -0.4 is 14.8 Å². The molecule has 1 amide bonds. The van der Waals surface area contributed by atoms with Gasteiger partial charge in [0, 0.05) is 27.8 Å². The summed E-state index contributed by atoms with van der Waals surface area (Å²) >= 11 is 7.47. The Morgan fingerprint density at radius 1 is 1.12 bits per heavy atom. The number of carbonyl (C=O) groups excluding carboxylic acids is 2. The second-order valence-corrected chi connectivity index (χ2v) is 6.97. The summed E-state index contributed by atoms with van der Waals surface area (Å²) in [5.41, 5.74) is 0.526. The maximum atomic E-state index is 11.9. The molecule has 0 saturated heterocycles. The lowest BCUT2D eigenvalue weighted by Crippen LogP contribution is -2.30. The molecule has 0 aliphatic carbocycles. The highest BCUT2D eigenvalue weighted by atomic mass is 35.5. The van der Waals surface area contributed by atoms with Crippen molar-refractivity contribution >= 4 is 35.1 Å². The normalized spacial score (nSPS) is 10.3. The molecule has 0 saturated carbocycles. The minimum atomic E-state index is -0.223. The van der Waals surface area contributed by atoms with E-state index in [4.69, 9.17) is 21.1 Å². The molecular formula is C19H20ClNO4S. The summed E-state index contributed by atoms with van der Waals surface area (Å²) in [6.07, 6.45) is 0. The van der Waals surface area contributed by atoms with Gasteiger partial charge in [0.2, 0.25) is 0 Å². The average Bonchev–Trinajstić information content (AvgIpc) is 2.64. The molecule has 2 aromatic carbocycles. The van der Waals surface area contributed by atoms with Crippen molar-refractivity contribution in [3.63, 3.8) is 0 Å². The quantitative estimate of drug-likeness (QED) is 0.398. The Labute approximate surface area is 162 Å². The van der Waals surface area contributed by atoms with Gasteiger partial charge in [0.25, 0.3) is 5.91 Å². The van der Waals surface area contributed by atoms with Crippen LogP contribution in [0.4, 0.5) is 0 Å². The molecule has 26 heavy (non-hydrogen) atoms. The van der Waals surface area contributed by atoms with Crippen LogP contribution in [0.2, 0.25) is 5.02 Å². The molecule has 0 radical (unpaired) electrons. The van der Waals surface area contributed by atoms with Gasteiger partial charge in [0.15, 0.2) is 23.9 Å². The number of methoxy groups -OCH3 is 1. The van der Waals surface area contributed by atoms with Crippen LogP contribution in [0.3, 0.4) is 0 Å². The number of nitrogens with one attached hydrogen (secondary N) is 1. The molecule has 0 spiro atoms. The largest absolute Gasteiger partial charge is 0.493 e. The molecule has 2 rings (SSSR count). The van der Waals surface area contributed by atoms with E-state index in [1.807, 2.05) is 24.3 Å². The highest BCUT2D eigenvalue weighted by Gasteiger charge is 2.10. The van der Waals surface area contributed by atoms with Crippen LogP contribution >= 0.6 is 23.4 Å². The summed E-state index contributed by atoms with van der Waals surface area (Å²) in [5, 5.41) is 3.50. The first kappa shape index (κ1) is 20.1. The molecule has 0 aliphatic heterocycles. The molecule has 2 aromatic rings. The highest BCUT2D eigenvalue weighted by Crippen LogP contribution is 2.28. The Morgan fingerprint density at radius 3 is 2.50 bits per heavy atom. The molecule has 1 N–H and O–H groups in total. The van der Waals surface area contributed by atoms with Crippen molar-refractivity contribution in [3.05, 3.63) is 53.1 Å². The molecular weight excluding hydrogens is 374 g/mol. The standard InChI is InChI=1S/C19H20ClNO4S/c1-13(22)14-3-8-17(18(11-14)24-2)25-12-19(23)21-9-10-26-16-6-4-15(20)5-7-16/h3-8,11H,9-10,12H2,1-2H3,(H,21,23). The first-order chi connectivity index (χ1) is 12.5. The molecule has 0 aromatic heterocycles. The van der Waals surface area contributed by atoms with Gasteiger partial charge in [-0.25, -0.2) is 0 Å². The Hall–Kier alpha value is -2.18. The fourth-order valence-corrected chi connectivity index (χ4v) is 2.98. The maximum Gasteiger partial charge on any atom is 0.257 e. The van der Waals surface area contributed by atoms with Crippen molar-refractivity contribution < 1.29 is 19.1 Å². The summed E-state index contributed by atoms with van der Waals surface area (Å²) in [6, 6.07) is 12.4. The van der Waals surface area contributed by atoms with Crippen LogP contribution in [-0.2, 0) is 4.79 Å². The van der Waals surface area contributed by atoms with Crippen LogP contribution in [0.15, 0.2) is 47.4 Å². The van der Waals surface area contributed by atoms with Crippen molar-refractivity contribution in [2.45, 2.75) is 11.8 Å². The zero-order chi connectivity index (χ0) is 18.9. The van der Waals surface area contributed by atoms with E-state index in [0.29, 0.717) is 28.6 Å². The van der Waals surface area contributed by atoms with E-state index < -0.39 is 0 Å². The Morgan fingerprint density at radius 2 is 1.85 bits per heavy atom. The van der Waals surface area contributed by atoms with Gasteiger partial charge >= 0.3 is 0 Å². The number of benzene rings is 2. The molecule has 7 heteroatoms. The third kappa shape index (κ3) is 6.28. The van der Waals surface area contributed by atoms with Crippen molar-refractivity contribution in [2.75, 3.05) is 26.0 Å². The number of halogens is 1. The van der Waals surface area contributed by atoms with Crippen LogP contribution in [-0.4, -0.2) is 37.7 Å². The summed E-state index contributed by atoms with van der Waals surface area (Å²) in [7, 11) is 1.49. The fraction of sp³-hybridized carbons (Fsp3) is 0.263. The molecule has 0 aliphatic rings. The van der Waals surface area contributed by atoms with E-state index in [1.165, 1.54) is 14.0 Å². The average molecular weight is 394 g/mol. The SMILES string of the molecule is COc1cc(C(C)=O)ccc1OCC(=O)NCCSc1ccc(Cl)cc1. The van der Waals surface area contributed by atoms with Crippen LogP contribution in [0.5, 0.6) is 11.5 Å². The van der Waals surface area contributed by atoms with Gasteiger partial charge < -0.3 is 14.8 Å². The maximum absolute atomic E-state index is 11.9. The first-order valence-corrected chi connectivity index (χ1v) is 9.33. The minimum Gasteiger partial charge on any atom is -0.493 e. The molecule has 138 valence electrons. The van der Waals surface area contributed by atoms with Crippen molar-refractivity contribution in [2.24, 2.45) is 0 Å². The molecule has 0 fully saturated rings. The molecule has 0 atom stereocenters. The van der Waals surface area contributed by atoms with E-state index in [1.54, 1.807) is 30.0 Å². The lowest BCUT2D eigenvalue weighted by Gasteiger charge is -2.11. The minimum absolute atomic E-state index is 0.0641. The third-order valence-corrected chi connectivity index (χ3v) is 4.70. The second-order valence-electron chi connectivity index (χ2n) is 5.36. The van der Waals surface area contributed by atoms with Gasteiger partial charge in [-0.2, -0.15) is 0 Å². The van der Waals surface area contributed by atoms with Gasteiger partial charge in [-0.1, -0.05) is 11.6 Å². The monoisotopic (exact) mass is 393 g/mol. The van der Waals surface area contributed by atoms with E-state index in [9.17, 15) is 9.59 Å². The van der Waals surface area contributed by atoms with E-state index in [2.05, 4.69) is 5.32 Å². The third-order valence-electron chi connectivity index (χ3n) is 3.44. The van der Waals surface area contributed by atoms with E-state index in [0.717, 1.165) is 10.6 Å². The number of amides is 1. The van der Waals surface area contributed by atoms with Crippen LogP contribution in [0, 0.1) is 0 Å². The lowest BCUT2D eigenvalue weighted by molar-refractivity contribution is -0.122. The summed E-state index contributed by atoms with van der Waals surface area (Å²) in [4.78, 5) is 24.4. The lowest BCUT2D eigenvalue weighted by atomic mass is 10.1. The summed E-state index contributed by atoms with van der Waals surface area (Å²) in [6.45, 7) is 1.88. The number of hydrogen-bond donors (Lipinski definition) is 1. The number of carbonyl (C=O) groups is 2. The number of ether oxygens (including phenoxy) is 2. The second kappa shape index (κ2) is 10.1. The topological polar surface area (TPSA) is 64.6 Å². The molecule has 0 unspecified atom stereocenters. The summed E-state index contributed by atoms with van der Waals surface area (Å²) < 4.78 is 10.7. The fourth-order valence-electron chi connectivity index (χ4n) is 2.09. The first-order valence-electron chi connectivity index (χ1n) is 7.96. The predicted molar refractivity (Wildman–Crippen MR) is 104 cm³/mol. The number of ketones is 1. The van der Waals surface area contributed by atoms with Gasteiger partial charge in [0.05, 0.1) is 7.11 Å². The Kier molecular flexibility index (Phi) is 7.81. The molecule has 0 heterocycles. The highest BCUT2D eigenvalue weighted by molar-refractivity contribution is 7.99. The Balaban J connectivity index is 1.74. The van der Waals surface area contributed by atoms with Crippen molar-refractivity contribution in [1.29, 1.82) is 0 Å².